The molecule has 2 saturated heterocycles. The van der Waals surface area contributed by atoms with E-state index in [1.165, 1.54) is 32.1 Å². The van der Waals surface area contributed by atoms with Gasteiger partial charge in [-0.15, -0.1) is 10.2 Å². The monoisotopic (exact) mass is 363 g/mol. The summed E-state index contributed by atoms with van der Waals surface area (Å²) < 4.78 is 2.31. The lowest BCUT2D eigenvalue weighted by Crippen LogP contribution is -2.36. The minimum atomic E-state index is 0.253. The van der Waals surface area contributed by atoms with Gasteiger partial charge in [-0.05, 0) is 50.9 Å². The van der Waals surface area contributed by atoms with Crippen molar-refractivity contribution in [3.8, 4) is 0 Å². The van der Waals surface area contributed by atoms with Crippen molar-refractivity contribution in [1.29, 1.82) is 0 Å². The predicted molar refractivity (Wildman–Crippen MR) is 100 cm³/mol. The van der Waals surface area contributed by atoms with Crippen LogP contribution in [-0.4, -0.2) is 57.5 Å². The number of hydrogen-bond donors (Lipinski definition) is 0. The molecule has 1 saturated carbocycles. The second-order valence-electron chi connectivity index (χ2n) is 7.78. The van der Waals surface area contributed by atoms with Gasteiger partial charge in [-0.1, -0.05) is 18.7 Å². The minimum absolute atomic E-state index is 0.253. The molecule has 7 heteroatoms. The molecular formula is C18H29N5OS. The van der Waals surface area contributed by atoms with Crippen LogP contribution in [0.3, 0.4) is 0 Å². The molecule has 1 aromatic heterocycles. The summed E-state index contributed by atoms with van der Waals surface area (Å²) in [4.78, 5) is 16.9. The molecule has 0 radical (unpaired) electrons. The summed E-state index contributed by atoms with van der Waals surface area (Å²) in [5.41, 5.74) is 0. The zero-order chi connectivity index (χ0) is 17.2. The first kappa shape index (κ1) is 17.2. The van der Waals surface area contributed by atoms with Gasteiger partial charge in [0.15, 0.2) is 5.16 Å². The Balaban J connectivity index is 1.42. The Morgan fingerprint density at radius 3 is 2.44 bits per heavy atom. The molecule has 2 aliphatic heterocycles. The molecule has 25 heavy (non-hydrogen) atoms. The molecule has 138 valence electrons. The maximum atomic E-state index is 12.5. The van der Waals surface area contributed by atoms with Crippen LogP contribution in [0, 0.1) is 5.92 Å². The summed E-state index contributed by atoms with van der Waals surface area (Å²) in [5, 5.41) is 9.89. The van der Waals surface area contributed by atoms with Gasteiger partial charge in [0.05, 0.1) is 5.75 Å². The van der Waals surface area contributed by atoms with Gasteiger partial charge in [0, 0.05) is 32.2 Å². The lowest BCUT2D eigenvalue weighted by molar-refractivity contribution is -0.129. The summed E-state index contributed by atoms with van der Waals surface area (Å²) in [5.74, 6) is 2.58. The second kappa shape index (κ2) is 7.56. The Morgan fingerprint density at radius 2 is 1.76 bits per heavy atom. The molecule has 1 aromatic rings. The summed E-state index contributed by atoms with van der Waals surface area (Å²) >= 11 is 1.57. The first-order valence-corrected chi connectivity index (χ1v) is 10.8. The summed E-state index contributed by atoms with van der Waals surface area (Å²) in [6.07, 6.45) is 8.43. The number of hydrogen-bond acceptors (Lipinski definition) is 5. The van der Waals surface area contributed by atoms with Crippen molar-refractivity contribution in [2.45, 2.75) is 63.1 Å². The van der Waals surface area contributed by atoms with Crippen LogP contribution < -0.4 is 4.90 Å². The van der Waals surface area contributed by atoms with Gasteiger partial charge < -0.3 is 9.80 Å². The third-order valence-corrected chi connectivity index (χ3v) is 6.59. The molecule has 0 spiro atoms. The van der Waals surface area contributed by atoms with Crippen molar-refractivity contribution in [1.82, 2.24) is 19.7 Å². The Hall–Kier alpha value is -1.24. The van der Waals surface area contributed by atoms with E-state index in [1.807, 2.05) is 4.90 Å². The fourth-order valence-corrected chi connectivity index (χ4v) is 4.71. The fourth-order valence-electron chi connectivity index (χ4n) is 3.81. The Kier molecular flexibility index (Phi) is 5.20. The molecule has 0 unspecified atom stereocenters. The molecule has 3 aliphatic rings. The van der Waals surface area contributed by atoms with Crippen LogP contribution in [0.25, 0.3) is 0 Å². The highest BCUT2D eigenvalue weighted by molar-refractivity contribution is 7.99. The molecule has 6 nitrogen and oxygen atoms in total. The quantitative estimate of drug-likeness (QED) is 0.753. The van der Waals surface area contributed by atoms with E-state index in [4.69, 9.17) is 0 Å². The average molecular weight is 364 g/mol. The summed E-state index contributed by atoms with van der Waals surface area (Å²) in [7, 11) is 0. The number of carbonyl (C=O) groups excluding carboxylic acids is 1. The smallest absolute Gasteiger partial charge is 0.233 e. The highest BCUT2D eigenvalue weighted by Crippen LogP contribution is 2.41. The number of likely N-dealkylation sites (tertiary alicyclic amines) is 1. The van der Waals surface area contributed by atoms with Crippen molar-refractivity contribution < 1.29 is 4.79 Å². The van der Waals surface area contributed by atoms with E-state index in [9.17, 15) is 4.79 Å². The number of piperidine rings is 2. The molecular weight excluding hydrogens is 334 g/mol. The molecule has 3 heterocycles. The first-order chi connectivity index (χ1) is 12.2. The Labute approximate surface area is 154 Å². The molecule has 1 aliphatic carbocycles. The molecule has 1 amide bonds. The first-order valence-electron chi connectivity index (χ1n) is 9.83. The average Bonchev–Trinajstić information content (AvgIpc) is 3.40. The van der Waals surface area contributed by atoms with Crippen LogP contribution in [0.1, 0.15) is 57.9 Å². The number of carbonyl (C=O) groups is 1. The highest BCUT2D eigenvalue weighted by atomic mass is 32.2. The van der Waals surface area contributed by atoms with Gasteiger partial charge in [-0.25, -0.2) is 0 Å². The van der Waals surface area contributed by atoms with Crippen LogP contribution in [0.4, 0.5) is 5.95 Å². The van der Waals surface area contributed by atoms with Crippen molar-refractivity contribution in [3.63, 3.8) is 0 Å². The lowest BCUT2D eigenvalue weighted by Gasteiger charge is -2.31. The topological polar surface area (TPSA) is 54.3 Å². The van der Waals surface area contributed by atoms with Crippen molar-refractivity contribution in [2.24, 2.45) is 5.92 Å². The van der Waals surface area contributed by atoms with E-state index in [1.54, 1.807) is 11.8 Å². The van der Waals surface area contributed by atoms with E-state index in [0.717, 1.165) is 56.0 Å². The van der Waals surface area contributed by atoms with E-state index in [-0.39, 0.29) is 5.91 Å². The van der Waals surface area contributed by atoms with Gasteiger partial charge in [0.1, 0.15) is 0 Å². The SMILES string of the molecule is CC1CCN(c2nnc(SCC(=O)N3CCCCC3)n2C2CC2)CC1. The third-order valence-electron chi connectivity index (χ3n) is 5.66. The van der Waals surface area contributed by atoms with Crippen LogP contribution in [0.15, 0.2) is 5.16 Å². The molecule has 4 rings (SSSR count). The van der Waals surface area contributed by atoms with Crippen LogP contribution >= 0.6 is 11.8 Å². The van der Waals surface area contributed by atoms with Gasteiger partial charge in [0.2, 0.25) is 11.9 Å². The number of nitrogens with zero attached hydrogens (tertiary/aromatic N) is 5. The normalized spacial score (nSPS) is 22.4. The van der Waals surface area contributed by atoms with Crippen LogP contribution in [-0.2, 0) is 4.79 Å². The van der Waals surface area contributed by atoms with E-state index >= 15 is 0 Å². The molecule has 0 aromatic carbocycles. The minimum Gasteiger partial charge on any atom is -0.342 e. The highest BCUT2D eigenvalue weighted by Gasteiger charge is 2.33. The van der Waals surface area contributed by atoms with Gasteiger partial charge in [-0.3, -0.25) is 9.36 Å². The number of rotatable bonds is 5. The van der Waals surface area contributed by atoms with Gasteiger partial charge in [-0.2, -0.15) is 0 Å². The fraction of sp³-hybridized carbons (Fsp3) is 0.833. The lowest BCUT2D eigenvalue weighted by atomic mass is 10.00. The standard InChI is InChI=1S/C18H29N5OS/c1-14-7-11-22(12-8-14)17-19-20-18(23(17)15-5-6-15)25-13-16(24)21-9-3-2-4-10-21/h14-15H,2-13H2,1H3. The van der Waals surface area contributed by atoms with Crippen molar-refractivity contribution >= 4 is 23.6 Å². The van der Waals surface area contributed by atoms with Crippen LogP contribution in [0.2, 0.25) is 0 Å². The number of aromatic nitrogens is 3. The number of anilines is 1. The maximum absolute atomic E-state index is 12.5. The van der Waals surface area contributed by atoms with Gasteiger partial charge >= 0.3 is 0 Å². The molecule has 0 atom stereocenters. The number of amides is 1. The largest absolute Gasteiger partial charge is 0.342 e. The van der Waals surface area contributed by atoms with E-state index < -0.39 is 0 Å². The van der Waals surface area contributed by atoms with Crippen molar-refractivity contribution in [2.75, 3.05) is 36.8 Å². The Morgan fingerprint density at radius 1 is 1.04 bits per heavy atom. The zero-order valence-corrected chi connectivity index (χ0v) is 16.0. The summed E-state index contributed by atoms with van der Waals surface area (Å²) in [6.45, 7) is 6.32. The number of thioether (sulfide) groups is 1. The molecule has 0 bridgehead atoms. The van der Waals surface area contributed by atoms with Gasteiger partial charge in [0.25, 0.3) is 0 Å². The van der Waals surface area contributed by atoms with Crippen LogP contribution in [0.5, 0.6) is 0 Å². The third kappa shape index (κ3) is 3.96. The maximum Gasteiger partial charge on any atom is 0.233 e. The predicted octanol–water partition coefficient (Wildman–Crippen LogP) is 2.95. The van der Waals surface area contributed by atoms with E-state index in [2.05, 4.69) is 26.6 Å². The van der Waals surface area contributed by atoms with Crippen molar-refractivity contribution in [3.05, 3.63) is 0 Å². The second-order valence-corrected chi connectivity index (χ2v) is 8.73. The molecule has 3 fully saturated rings. The molecule has 0 N–H and O–H groups in total. The Bertz CT molecular complexity index is 601. The van der Waals surface area contributed by atoms with E-state index in [0.29, 0.717) is 11.8 Å². The zero-order valence-electron chi connectivity index (χ0n) is 15.2. The summed E-state index contributed by atoms with van der Waals surface area (Å²) in [6, 6.07) is 0.539.